The van der Waals surface area contributed by atoms with Crippen molar-refractivity contribution in [2.75, 3.05) is 14.2 Å². The number of oxime groups is 1. The fourth-order valence-electron chi connectivity index (χ4n) is 2.80. The molecule has 1 heterocycles. The SMILES string of the molecule is COc1ccc(CC2CC(Cc3ccccc3)=NO2)cc1OC. The Morgan fingerprint density at radius 3 is 2.52 bits per heavy atom. The van der Waals surface area contributed by atoms with Crippen molar-refractivity contribution in [2.24, 2.45) is 5.16 Å². The number of nitrogens with zero attached hydrogens (tertiary/aromatic N) is 1. The molecule has 0 saturated carbocycles. The van der Waals surface area contributed by atoms with E-state index in [0.717, 1.165) is 42.0 Å². The predicted octanol–water partition coefficient (Wildman–Crippen LogP) is 3.63. The molecule has 2 aromatic rings. The molecule has 0 aromatic heterocycles. The largest absolute Gasteiger partial charge is 0.493 e. The van der Waals surface area contributed by atoms with Gasteiger partial charge in [-0.05, 0) is 23.3 Å². The molecule has 0 fully saturated rings. The Bertz CT molecular complexity index is 682. The standard InChI is InChI=1S/C19H21NO3/c1-21-18-9-8-15(12-19(18)22-2)11-17-13-16(20-23-17)10-14-6-4-3-5-7-14/h3-9,12,17H,10-11,13H2,1-2H3. The van der Waals surface area contributed by atoms with Crippen LogP contribution < -0.4 is 9.47 Å². The van der Waals surface area contributed by atoms with Crippen LogP contribution in [0.25, 0.3) is 0 Å². The van der Waals surface area contributed by atoms with Gasteiger partial charge in [0.05, 0.1) is 19.9 Å². The molecule has 4 heteroatoms. The molecule has 1 atom stereocenters. The maximum absolute atomic E-state index is 5.59. The molecule has 1 aliphatic heterocycles. The van der Waals surface area contributed by atoms with Crippen molar-refractivity contribution in [1.82, 2.24) is 0 Å². The van der Waals surface area contributed by atoms with Gasteiger partial charge < -0.3 is 14.3 Å². The molecule has 0 aliphatic carbocycles. The summed E-state index contributed by atoms with van der Waals surface area (Å²) in [5.41, 5.74) is 3.52. The quantitative estimate of drug-likeness (QED) is 0.818. The summed E-state index contributed by atoms with van der Waals surface area (Å²) in [5.74, 6) is 1.48. The second kappa shape index (κ2) is 7.18. The van der Waals surface area contributed by atoms with Gasteiger partial charge in [-0.3, -0.25) is 0 Å². The first-order valence-electron chi connectivity index (χ1n) is 7.75. The molecule has 2 aromatic carbocycles. The lowest BCUT2D eigenvalue weighted by Gasteiger charge is -2.12. The zero-order chi connectivity index (χ0) is 16.1. The van der Waals surface area contributed by atoms with Crippen molar-refractivity contribution in [3.8, 4) is 11.5 Å². The highest BCUT2D eigenvalue weighted by Gasteiger charge is 2.22. The van der Waals surface area contributed by atoms with Gasteiger partial charge in [0.1, 0.15) is 6.10 Å². The van der Waals surface area contributed by atoms with E-state index >= 15 is 0 Å². The van der Waals surface area contributed by atoms with Crippen LogP contribution in [0.3, 0.4) is 0 Å². The van der Waals surface area contributed by atoms with Gasteiger partial charge >= 0.3 is 0 Å². The van der Waals surface area contributed by atoms with Crippen molar-refractivity contribution in [1.29, 1.82) is 0 Å². The second-order valence-electron chi connectivity index (χ2n) is 5.64. The Morgan fingerprint density at radius 2 is 1.78 bits per heavy atom. The summed E-state index contributed by atoms with van der Waals surface area (Å²) in [7, 11) is 3.29. The van der Waals surface area contributed by atoms with Crippen LogP contribution in [-0.2, 0) is 17.7 Å². The zero-order valence-corrected chi connectivity index (χ0v) is 13.5. The van der Waals surface area contributed by atoms with E-state index in [1.807, 2.05) is 36.4 Å². The van der Waals surface area contributed by atoms with Gasteiger partial charge in [0.15, 0.2) is 11.5 Å². The summed E-state index contributed by atoms with van der Waals surface area (Å²) < 4.78 is 10.6. The Morgan fingerprint density at radius 1 is 1.00 bits per heavy atom. The number of hydrogen-bond acceptors (Lipinski definition) is 4. The number of hydrogen-bond donors (Lipinski definition) is 0. The van der Waals surface area contributed by atoms with Gasteiger partial charge in [-0.25, -0.2) is 0 Å². The van der Waals surface area contributed by atoms with Gasteiger partial charge in [0, 0.05) is 19.3 Å². The van der Waals surface area contributed by atoms with E-state index in [1.54, 1.807) is 14.2 Å². The minimum absolute atomic E-state index is 0.0896. The summed E-state index contributed by atoms with van der Waals surface area (Å²) >= 11 is 0. The topological polar surface area (TPSA) is 40.0 Å². The van der Waals surface area contributed by atoms with Crippen molar-refractivity contribution in [3.05, 3.63) is 59.7 Å². The summed E-state index contributed by atoms with van der Waals surface area (Å²) in [6.07, 6.45) is 2.61. The lowest BCUT2D eigenvalue weighted by molar-refractivity contribution is 0.0858. The fourth-order valence-corrected chi connectivity index (χ4v) is 2.80. The lowest BCUT2D eigenvalue weighted by atomic mass is 10.00. The molecule has 0 bridgehead atoms. The van der Waals surface area contributed by atoms with Gasteiger partial charge in [0.25, 0.3) is 0 Å². The third kappa shape index (κ3) is 3.83. The summed E-state index contributed by atoms with van der Waals surface area (Å²) in [6.45, 7) is 0. The van der Waals surface area contributed by atoms with E-state index < -0.39 is 0 Å². The highest BCUT2D eigenvalue weighted by Crippen LogP contribution is 2.29. The molecule has 0 amide bonds. The van der Waals surface area contributed by atoms with Crippen LogP contribution in [0.15, 0.2) is 53.7 Å². The highest BCUT2D eigenvalue weighted by molar-refractivity contribution is 5.87. The maximum atomic E-state index is 5.59. The summed E-state index contributed by atoms with van der Waals surface area (Å²) in [6, 6.07) is 16.3. The molecule has 23 heavy (non-hydrogen) atoms. The highest BCUT2D eigenvalue weighted by atomic mass is 16.6. The monoisotopic (exact) mass is 311 g/mol. The molecule has 4 nitrogen and oxygen atoms in total. The minimum Gasteiger partial charge on any atom is -0.493 e. The van der Waals surface area contributed by atoms with E-state index in [4.69, 9.17) is 14.3 Å². The lowest BCUT2D eigenvalue weighted by Crippen LogP contribution is -2.12. The molecule has 0 radical (unpaired) electrons. The molecule has 120 valence electrons. The van der Waals surface area contributed by atoms with Crippen LogP contribution >= 0.6 is 0 Å². The van der Waals surface area contributed by atoms with E-state index in [9.17, 15) is 0 Å². The van der Waals surface area contributed by atoms with Crippen LogP contribution in [0.4, 0.5) is 0 Å². The van der Waals surface area contributed by atoms with Crippen molar-refractivity contribution in [3.63, 3.8) is 0 Å². The van der Waals surface area contributed by atoms with Crippen molar-refractivity contribution < 1.29 is 14.3 Å². The van der Waals surface area contributed by atoms with E-state index in [0.29, 0.717) is 0 Å². The molecule has 3 rings (SSSR count). The van der Waals surface area contributed by atoms with Gasteiger partial charge in [-0.15, -0.1) is 0 Å². The van der Waals surface area contributed by atoms with E-state index in [2.05, 4.69) is 17.3 Å². The smallest absolute Gasteiger partial charge is 0.160 e. The zero-order valence-electron chi connectivity index (χ0n) is 13.5. The minimum atomic E-state index is 0.0896. The number of methoxy groups -OCH3 is 2. The van der Waals surface area contributed by atoms with Gasteiger partial charge in [0.2, 0.25) is 0 Å². The molecule has 0 saturated heterocycles. The van der Waals surface area contributed by atoms with Crippen LogP contribution in [-0.4, -0.2) is 26.0 Å². The average Bonchev–Trinajstić information content (AvgIpc) is 3.02. The van der Waals surface area contributed by atoms with Gasteiger partial charge in [-0.2, -0.15) is 0 Å². The number of ether oxygens (including phenoxy) is 2. The predicted molar refractivity (Wildman–Crippen MR) is 90.3 cm³/mol. The van der Waals surface area contributed by atoms with Crippen molar-refractivity contribution >= 4 is 5.71 Å². The molecule has 0 N–H and O–H groups in total. The first-order valence-corrected chi connectivity index (χ1v) is 7.75. The van der Waals surface area contributed by atoms with Gasteiger partial charge in [-0.1, -0.05) is 41.6 Å². The van der Waals surface area contributed by atoms with Crippen molar-refractivity contribution in [2.45, 2.75) is 25.4 Å². The van der Waals surface area contributed by atoms with Crippen LogP contribution in [0.1, 0.15) is 17.5 Å². The van der Waals surface area contributed by atoms with Crippen LogP contribution in [0.2, 0.25) is 0 Å². The first-order chi connectivity index (χ1) is 11.3. The Balaban J connectivity index is 1.59. The first kappa shape index (κ1) is 15.4. The van der Waals surface area contributed by atoms with Crippen LogP contribution in [0, 0.1) is 0 Å². The molecule has 1 aliphatic rings. The molecular formula is C19H21NO3. The van der Waals surface area contributed by atoms with E-state index in [-0.39, 0.29) is 6.10 Å². The second-order valence-corrected chi connectivity index (χ2v) is 5.64. The fraction of sp³-hybridized carbons (Fsp3) is 0.316. The Labute approximate surface area is 136 Å². The Kier molecular flexibility index (Phi) is 4.81. The summed E-state index contributed by atoms with van der Waals surface area (Å²) in [4.78, 5) is 5.59. The van der Waals surface area contributed by atoms with E-state index in [1.165, 1.54) is 5.56 Å². The third-order valence-electron chi connectivity index (χ3n) is 3.96. The summed E-state index contributed by atoms with van der Waals surface area (Å²) in [5, 5.41) is 4.25. The van der Waals surface area contributed by atoms with Crippen LogP contribution in [0.5, 0.6) is 11.5 Å². The number of benzene rings is 2. The Hall–Kier alpha value is -2.49. The molecule has 1 unspecified atom stereocenters. The third-order valence-corrected chi connectivity index (χ3v) is 3.96. The average molecular weight is 311 g/mol. The molecule has 0 spiro atoms. The normalized spacial score (nSPS) is 16.6. The molecular weight excluding hydrogens is 290 g/mol. The maximum Gasteiger partial charge on any atom is 0.160 e. The number of rotatable bonds is 6.